The van der Waals surface area contributed by atoms with Gasteiger partial charge in [-0.25, -0.2) is 14.1 Å². The van der Waals surface area contributed by atoms with Crippen molar-refractivity contribution >= 4 is 23.5 Å². The predicted molar refractivity (Wildman–Crippen MR) is 115 cm³/mol. The summed E-state index contributed by atoms with van der Waals surface area (Å²) in [4.78, 5) is 38.3. The lowest BCUT2D eigenvalue weighted by Crippen LogP contribution is -2.37. The van der Waals surface area contributed by atoms with Gasteiger partial charge in [-0.2, -0.15) is 0 Å². The number of nitrogens with one attached hydrogen (secondary N) is 2. The number of rotatable bonds is 8. The minimum absolute atomic E-state index is 0.157. The standard InChI is InChI=1S/C24H22FN3O4/c25-17-10-8-16(9-11-17)19(21-7-4-14-32-21)12-13-26-22(29)15-20-23(30)28(24(31)27-20)18-5-2-1-3-6-18/h1-11,14,19-20H,12-13,15H2,(H,26,29)(H,27,31)/t19-,20+/m1/s1. The summed E-state index contributed by atoms with van der Waals surface area (Å²) < 4.78 is 18.8. The lowest BCUT2D eigenvalue weighted by molar-refractivity contribution is -0.125. The first kappa shape index (κ1) is 21.3. The number of imide groups is 1. The highest BCUT2D eigenvalue weighted by Crippen LogP contribution is 2.28. The number of carbonyl (C=O) groups is 3. The molecule has 164 valence electrons. The van der Waals surface area contributed by atoms with Gasteiger partial charge in [-0.05, 0) is 48.4 Å². The number of anilines is 1. The molecule has 4 rings (SSSR count). The lowest BCUT2D eigenvalue weighted by atomic mass is 9.93. The molecule has 1 fully saturated rings. The summed E-state index contributed by atoms with van der Waals surface area (Å²) in [5, 5.41) is 5.36. The largest absolute Gasteiger partial charge is 0.469 e. The van der Waals surface area contributed by atoms with E-state index in [1.54, 1.807) is 54.8 Å². The van der Waals surface area contributed by atoms with E-state index in [2.05, 4.69) is 10.6 Å². The Morgan fingerprint density at radius 1 is 1.06 bits per heavy atom. The molecule has 2 atom stereocenters. The van der Waals surface area contributed by atoms with Crippen LogP contribution in [-0.2, 0) is 9.59 Å². The van der Waals surface area contributed by atoms with Gasteiger partial charge in [-0.1, -0.05) is 30.3 Å². The molecule has 0 bridgehead atoms. The molecule has 0 radical (unpaired) electrons. The van der Waals surface area contributed by atoms with Crippen molar-refractivity contribution < 1.29 is 23.2 Å². The fraction of sp³-hybridized carbons (Fsp3) is 0.208. The van der Waals surface area contributed by atoms with Crippen molar-refractivity contribution in [1.29, 1.82) is 0 Å². The molecule has 2 aromatic carbocycles. The molecule has 4 amide bonds. The SMILES string of the molecule is O=C(C[C@@H]1NC(=O)N(c2ccccc2)C1=O)NCC[C@H](c1ccc(F)cc1)c1ccco1. The fourth-order valence-corrected chi connectivity index (χ4v) is 3.76. The van der Waals surface area contributed by atoms with E-state index in [0.717, 1.165) is 10.5 Å². The van der Waals surface area contributed by atoms with Gasteiger partial charge in [0, 0.05) is 12.5 Å². The monoisotopic (exact) mass is 435 g/mol. The quantitative estimate of drug-likeness (QED) is 0.529. The van der Waals surface area contributed by atoms with Gasteiger partial charge in [0.2, 0.25) is 5.91 Å². The van der Waals surface area contributed by atoms with E-state index in [9.17, 15) is 18.8 Å². The van der Waals surface area contributed by atoms with Crippen molar-refractivity contribution in [2.45, 2.75) is 24.8 Å². The van der Waals surface area contributed by atoms with E-state index in [1.165, 1.54) is 12.1 Å². The second kappa shape index (κ2) is 9.47. The van der Waals surface area contributed by atoms with Gasteiger partial charge < -0.3 is 15.1 Å². The predicted octanol–water partition coefficient (Wildman–Crippen LogP) is 3.57. The molecule has 2 heterocycles. The van der Waals surface area contributed by atoms with Crippen LogP contribution in [0.3, 0.4) is 0 Å². The van der Waals surface area contributed by atoms with Gasteiger partial charge in [0.1, 0.15) is 17.6 Å². The molecule has 0 aliphatic carbocycles. The normalized spacial score (nSPS) is 16.7. The van der Waals surface area contributed by atoms with Crippen molar-refractivity contribution in [3.8, 4) is 0 Å². The molecule has 1 aromatic heterocycles. The molecule has 0 saturated carbocycles. The molecule has 2 N–H and O–H groups in total. The summed E-state index contributed by atoms with van der Waals surface area (Å²) in [5.41, 5.74) is 1.32. The van der Waals surface area contributed by atoms with E-state index in [1.807, 2.05) is 6.07 Å². The molecule has 7 nitrogen and oxygen atoms in total. The van der Waals surface area contributed by atoms with Crippen molar-refractivity contribution in [3.05, 3.63) is 90.1 Å². The highest BCUT2D eigenvalue weighted by Gasteiger charge is 2.39. The Bertz CT molecular complexity index is 1080. The fourth-order valence-electron chi connectivity index (χ4n) is 3.76. The van der Waals surface area contributed by atoms with Gasteiger partial charge in [-0.3, -0.25) is 9.59 Å². The molecule has 1 aliphatic heterocycles. The Kier molecular flexibility index (Phi) is 6.30. The molecule has 0 spiro atoms. The molecular weight excluding hydrogens is 413 g/mol. The van der Waals surface area contributed by atoms with Gasteiger partial charge >= 0.3 is 6.03 Å². The number of hydrogen-bond donors (Lipinski definition) is 2. The second-order valence-electron chi connectivity index (χ2n) is 7.47. The van der Waals surface area contributed by atoms with E-state index in [-0.39, 0.29) is 24.1 Å². The number of nitrogens with zero attached hydrogens (tertiary/aromatic N) is 1. The van der Waals surface area contributed by atoms with E-state index in [0.29, 0.717) is 24.4 Å². The highest BCUT2D eigenvalue weighted by atomic mass is 19.1. The third-order valence-corrected chi connectivity index (χ3v) is 5.34. The highest BCUT2D eigenvalue weighted by molar-refractivity contribution is 6.22. The van der Waals surface area contributed by atoms with Gasteiger partial charge in [0.15, 0.2) is 0 Å². The Balaban J connectivity index is 1.34. The summed E-state index contributed by atoms with van der Waals surface area (Å²) in [6, 6.07) is 16.9. The average molecular weight is 435 g/mol. The molecule has 32 heavy (non-hydrogen) atoms. The number of benzene rings is 2. The zero-order valence-corrected chi connectivity index (χ0v) is 17.2. The van der Waals surface area contributed by atoms with Crippen molar-refractivity contribution in [3.63, 3.8) is 0 Å². The van der Waals surface area contributed by atoms with Crippen molar-refractivity contribution in [2.24, 2.45) is 0 Å². The van der Waals surface area contributed by atoms with Crippen LogP contribution in [0, 0.1) is 5.82 Å². The topological polar surface area (TPSA) is 91.7 Å². The Labute approximate surface area is 184 Å². The Morgan fingerprint density at radius 2 is 1.81 bits per heavy atom. The van der Waals surface area contributed by atoms with Gasteiger partial charge in [0.05, 0.1) is 18.4 Å². The number of hydrogen-bond acceptors (Lipinski definition) is 4. The summed E-state index contributed by atoms with van der Waals surface area (Å²) in [7, 11) is 0. The van der Waals surface area contributed by atoms with Crippen LogP contribution in [0.2, 0.25) is 0 Å². The third-order valence-electron chi connectivity index (χ3n) is 5.34. The lowest BCUT2D eigenvalue weighted by Gasteiger charge is -2.16. The Hall–Kier alpha value is -3.94. The van der Waals surface area contributed by atoms with E-state index >= 15 is 0 Å². The number of furan rings is 1. The van der Waals surface area contributed by atoms with Crippen LogP contribution in [0.25, 0.3) is 0 Å². The zero-order valence-electron chi connectivity index (χ0n) is 17.2. The minimum Gasteiger partial charge on any atom is -0.469 e. The molecule has 1 aliphatic rings. The molecule has 1 saturated heterocycles. The maximum atomic E-state index is 13.3. The molecule has 8 heteroatoms. The van der Waals surface area contributed by atoms with Crippen LogP contribution in [-0.4, -0.2) is 30.4 Å². The first-order chi connectivity index (χ1) is 15.5. The van der Waals surface area contributed by atoms with Crippen LogP contribution in [0.5, 0.6) is 0 Å². The molecule has 3 aromatic rings. The molecular formula is C24H22FN3O4. The summed E-state index contributed by atoms with van der Waals surface area (Å²) in [5.74, 6) is -0.588. The third kappa shape index (κ3) is 4.69. The number of urea groups is 1. The van der Waals surface area contributed by atoms with Gasteiger partial charge in [0.25, 0.3) is 5.91 Å². The first-order valence-corrected chi connectivity index (χ1v) is 10.3. The second-order valence-corrected chi connectivity index (χ2v) is 7.47. The van der Waals surface area contributed by atoms with E-state index < -0.39 is 18.0 Å². The summed E-state index contributed by atoms with van der Waals surface area (Å²) in [6.07, 6.45) is 1.93. The molecule has 0 unspecified atom stereocenters. The van der Waals surface area contributed by atoms with Gasteiger partial charge in [-0.15, -0.1) is 0 Å². The number of halogens is 1. The number of amides is 4. The minimum atomic E-state index is -0.916. The van der Waals surface area contributed by atoms with Crippen LogP contribution in [0.4, 0.5) is 14.9 Å². The summed E-state index contributed by atoms with van der Waals surface area (Å²) in [6.45, 7) is 0.318. The van der Waals surface area contributed by atoms with Crippen molar-refractivity contribution in [1.82, 2.24) is 10.6 Å². The zero-order chi connectivity index (χ0) is 22.5. The van der Waals surface area contributed by atoms with Crippen molar-refractivity contribution in [2.75, 3.05) is 11.4 Å². The smallest absolute Gasteiger partial charge is 0.329 e. The summed E-state index contributed by atoms with van der Waals surface area (Å²) >= 11 is 0. The first-order valence-electron chi connectivity index (χ1n) is 10.3. The number of para-hydroxylation sites is 1. The number of carbonyl (C=O) groups excluding carboxylic acids is 3. The van der Waals surface area contributed by atoms with E-state index in [4.69, 9.17) is 4.42 Å². The van der Waals surface area contributed by atoms with Crippen LogP contribution >= 0.6 is 0 Å². The van der Waals surface area contributed by atoms with Crippen LogP contribution in [0.1, 0.15) is 30.1 Å². The van der Waals surface area contributed by atoms with Crippen LogP contribution < -0.4 is 15.5 Å². The Morgan fingerprint density at radius 3 is 2.50 bits per heavy atom. The van der Waals surface area contributed by atoms with Crippen LogP contribution in [0.15, 0.2) is 77.4 Å². The maximum absolute atomic E-state index is 13.3. The average Bonchev–Trinajstić information content (AvgIpc) is 3.41. The maximum Gasteiger partial charge on any atom is 0.329 e.